The number of nitrogens with zero attached hydrogens (tertiary/aromatic N) is 4. The molecule has 0 aliphatic carbocycles. The second-order valence-corrected chi connectivity index (χ2v) is 3.42. The highest BCUT2D eigenvalue weighted by Crippen LogP contribution is 2.09. The van der Waals surface area contributed by atoms with Crippen molar-refractivity contribution in [1.82, 2.24) is 19.5 Å². The Morgan fingerprint density at radius 2 is 2.27 bits per heavy atom. The summed E-state index contributed by atoms with van der Waals surface area (Å²) < 4.78 is 1.94. The van der Waals surface area contributed by atoms with Gasteiger partial charge in [-0.15, -0.1) is 0 Å². The zero-order chi connectivity index (χ0) is 10.7. The summed E-state index contributed by atoms with van der Waals surface area (Å²) in [5.74, 6) is 1.63. The summed E-state index contributed by atoms with van der Waals surface area (Å²) in [6.07, 6.45) is 5.07. The van der Waals surface area contributed by atoms with Crippen LogP contribution >= 0.6 is 11.6 Å². The zero-order valence-electron chi connectivity index (χ0n) is 8.18. The Kier molecular flexibility index (Phi) is 2.82. The molecule has 0 spiro atoms. The van der Waals surface area contributed by atoms with Gasteiger partial charge in [0.2, 0.25) is 0 Å². The van der Waals surface area contributed by atoms with Gasteiger partial charge in [-0.2, -0.15) is 0 Å². The molecule has 2 aromatic heterocycles. The normalized spacial score (nSPS) is 10.3. The fourth-order valence-corrected chi connectivity index (χ4v) is 1.31. The summed E-state index contributed by atoms with van der Waals surface area (Å²) in [5, 5.41) is 3.53. The van der Waals surface area contributed by atoms with Crippen molar-refractivity contribution in [3.8, 4) is 0 Å². The van der Waals surface area contributed by atoms with Gasteiger partial charge in [-0.1, -0.05) is 11.6 Å². The van der Waals surface area contributed by atoms with Gasteiger partial charge in [0.1, 0.15) is 23.1 Å². The fraction of sp³-hybridized carbons (Fsp3) is 0.222. The molecule has 0 fully saturated rings. The minimum Gasteiger partial charge on any atom is -0.363 e. The van der Waals surface area contributed by atoms with Crippen LogP contribution in [0.2, 0.25) is 5.15 Å². The third-order valence-electron chi connectivity index (χ3n) is 1.98. The summed E-state index contributed by atoms with van der Waals surface area (Å²) in [4.78, 5) is 12.0. The average molecular weight is 224 g/mol. The lowest BCUT2D eigenvalue weighted by atomic mass is 10.5. The Balaban J connectivity index is 2.02. The van der Waals surface area contributed by atoms with Crippen LogP contribution in [-0.2, 0) is 13.6 Å². The first kappa shape index (κ1) is 9.92. The summed E-state index contributed by atoms with van der Waals surface area (Å²) in [6, 6.07) is 1.67. The highest BCUT2D eigenvalue weighted by Gasteiger charge is 2.00. The number of anilines is 1. The van der Waals surface area contributed by atoms with Crippen LogP contribution in [0.3, 0.4) is 0 Å². The smallest absolute Gasteiger partial charge is 0.134 e. The molecule has 0 aliphatic rings. The quantitative estimate of drug-likeness (QED) is 0.801. The van der Waals surface area contributed by atoms with E-state index in [9.17, 15) is 0 Å². The van der Waals surface area contributed by atoms with Gasteiger partial charge in [0.25, 0.3) is 0 Å². The monoisotopic (exact) mass is 223 g/mol. The second-order valence-electron chi connectivity index (χ2n) is 3.03. The van der Waals surface area contributed by atoms with E-state index in [-0.39, 0.29) is 0 Å². The Morgan fingerprint density at radius 1 is 1.40 bits per heavy atom. The van der Waals surface area contributed by atoms with E-state index in [2.05, 4.69) is 20.3 Å². The van der Waals surface area contributed by atoms with Crippen LogP contribution in [0.25, 0.3) is 0 Å². The molecule has 2 heterocycles. The Labute approximate surface area is 92.1 Å². The Bertz CT molecular complexity index is 453. The zero-order valence-corrected chi connectivity index (χ0v) is 8.94. The molecule has 0 aromatic carbocycles. The number of halogens is 1. The molecule has 2 aromatic rings. The lowest BCUT2D eigenvalue weighted by Crippen LogP contribution is -2.06. The van der Waals surface area contributed by atoms with Gasteiger partial charge >= 0.3 is 0 Å². The summed E-state index contributed by atoms with van der Waals surface area (Å²) in [6.45, 7) is 0.608. The second kappa shape index (κ2) is 4.27. The first-order valence-corrected chi connectivity index (χ1v) is 4.81. The molecule has 2 rings (SSSR count). The van der Waals surface area contributed by atoms with E-state index in [1.807, 2.05) is 17.8 Å². The van der Waals surface area contributed by atoms with E-state index >= 15 is 0 Å². The largest absolute Gasteiger partial charge is 0.363 e. The molecule has 0 atom stereocenters. The van der Waals surface area contributed by atoms with Crippen molar-refractivity contribution in [3.63, 3.8) is 0 Å². The molecule has 1 N–H and O–H groups in total. The van der Waals surface area contributed by atoms with E-state index in [1.165, 1.54) is 6.33 Å². The van der Waals surface area contributed by atoms with Crippen LogP contribution in [0.1, 0.15) is 5.82 Å². The lowest BCUT2D eigenvalue weighted by Gasteiger charge is -2.04. The van der Waals surface area contributed by atoms with Crippen LogP contribution in [0.5, 0.6) is 0 Å². The van der Waals surface area contributed by atoms with Gasteiger partial charge in [-0.05, 0) is 0 Å². The van der Waals surface area contributed by atoms with Gasteiger partial charge in [-0.25, -0.2) is 15.0 Å². The number of rotatable bonds is 3. The predicted octanol–water partition coefficient (Wildman–Crippen LogP) is 1.48. The van der Waals surface area contributed by atoms with Gasteiger partial charge in [-0.3, -0.25) is 0 Å². The third-order valence-corrected chi connectivity index (χ3v) is 2.19. The highest BCUT2D eigenvalue weighted by atomic mass is 35.5. The van der Waals surface area contributed by atoms with Crippen LogP contribution in [0.4, 0.5) is 5.82 Å². The molecule has 15 heavy (non-hydrogen) atoms. The van der Waals surface area contributed by atoms with Gasteiger partial charge in [0.05, 0.1) is 6.54 Å². The molecule has 0 amide bonds. The van der Waals surface area contributed by atoms with Gasteiger partial charge in [0, 0.05) is 25.5 Å². The predicted molar refractivity (Wildman–Crippen MR) is 57.6 cm³/mol. The first-order chi connectivity index (χ1) is 7.25. The maximum Gasteiger partial charge on any atom is 0.134 e. The number of aryl methyl sites for hydroxylation is 1. The fourth-order valence-electron chi connectivity index (χ4n) is 1.17. The average Bonchev–Trinajstić information content (AvgIpc) is 2.61. The van der Waals surface area contributed by atoms with Crippen molar-refractivity contribution in [2.75, 3.05) is 5.32 Å². The van der Waals surface area contributed by atoms with Crippen molar-refractivity contribution >= 4 is 17.4 Å². The lowest BCUT2D eigenvalue weighted by molar-refractivity contribution is 0.810. The molecule has 5 nitrogen and oxygen atoms in total. The third kappa shape index (κ3) is 2.44. The van der Waals surface area contributed by atoms with Crippen molar-refractivity contribution in [3.05, 3.63) is 35.8 Å². The van der Waals surface area contributed by atoms with Gasteiger partial charge in [0.15, 0.2) is 0 Å². The van der Waals surface area contributed by atoms with Crippen LogP contribution in [0, 0.1) is 0 Å². The van der Waals surface area contributed by atoms with E-state index in [1.54, 1.807) is 12.3 Å². The summed E-state index contributed by atoms with van der Waals surface area (Å²) >= 11 is 5.72. The SMILES string of the molecule is Cn1ccnc1CNc1cc(Cl)ncn1. The summed E-state index contributed by atoms with van der Waals surface area (Å²) in [5.41, 5.74) is 0. The topological polar surface area (TPSA) is 55.6 Å². The molecule has 6 heteroatoms. The molecule has 0 saturated heterocycles. The van der Waals surface area contributed by atoms with Crippen molar-refractivity contribution in [2.45, 2.75) is 6.54 Å². The molecule has 0 unspecified atom stereocenters. The molecule has 0 saturated carbocycles. The van der Waals surface area contributed by atoms with Crippen LogP contribution in [-0.4, -0.2) is 19.5 Å². The van der Waals surface area contributed by atoms with E-state index < -0.39 is 0 Å². The Morgan fingerprint density at radius 3 is 2.93 bits per heavy atom. The number of nitrogens with one attached hydrogen (secondary N) is 1. The maximum atomic E-state index is 5.72. The van der Waals surface area contributed by atoms with E-state index in [4.69, 9.17) is 11.6 Å². The molecule has 0 aliphatic heterocycles. The molecule has 78 valence electrons. The number of aromatic nitrogens is 4. The molecule has 0 radical (unpaired) electrons. The maximum absolute atomic E-state index is 5.72. The number of hydrogen-bond donors (Lipinski definition) is 1. The van der Waals surface area contributed by atoms with Crippen molar-refractivity contribution in [2.24, 2.45) is 7.05 Å². The minimum atomic E-state index is 0.423. The number of hydrogen-bond acceptors (Lipinski definition) is 4. The molecular weight excluding hydrogens is 214 g/mol. The van der Waals surface area contributed by atoms with E-state index in [0.717, 1.165) is 5.82 Å². The van der Waals surface area contributed by atoms with Gasteiger partial charge < -0.3 is 9.88 Å². The molecule has 0 bridgehead atoms. The van der Waals surface area contributed by atoms with E-state index in [0.29, 0.717) is 17.5 Å². The number of imidazole rings is 1. The van der Waals surface area contributed by atoms with Crippen molar-refractivity contribution in [1.29, 1.82) is 0 Å². The van der Waals surface area contributed by atoms with Crippen LogP contribution < -0.4 is 5.32 Å². The molecular formula is C9H10ClN5. The first-order valence-electron chi connectivity index (χ1n) is 4.43. The minimum absolute atomic E-state index is 0.423. The highest BCUT2D eigenvalue weighted by molar-refractivity contribution is 6.29. The standard InChI is InChI=1S/C9H10ClN5/c1-15-3-2-11-9(15)5-12-8-4-7(10)13-6-14-8/h2-4,6H,5H2,1H3,(H,12,13,14). The van der Waals surface area contributed by atoms with Crippen molar-refractivity contribution < 1.29 is 0 Å². The van der Waals surface area contributed by atoms with Crippen LogP contribution in [0.15, 0.2) is 24.8 Å². The summed E-state index contributed by atoms with van der Waals surface area (Å²) in [7, 11) is 1.94. The Hall–Kier alpha value is -1.62.